The molecule has 1 aromatic rings. The van der Waals surface area contributed by atoms with Crippen molar-refractivity contribution >= 4 is 5.78 Å². The van der Waals surface area contributed by atoms with E-state index in [4.69, 9.17) is 0 Å². The van der Waals surface area contributed by atoms with Crippen LogP contribution in [0.15, 0.2) is 29.8 Å². The summed E-state index contributed by atoms with van der Waals surface area (Å²) in [7, 11) is 0. The molecule has 0 aromatic heterocycles. The SMILES string of the molecule is CCC(=CC(=O)c1cc(F)ccc1F)CC. The van der Waals surface area contributed by atoms with Gasteiger partial charge in [-0.3, -0.25) is 4.79 Å². The Labute approximate surface area is 93.8 Å². The molecule has 0 saturated heterocycles. The van der Waals surface area contributed by atoms with E-state index in [1.807, 2.05) is 13.8 Å². The van der Waals surface area contributed by atoms with Crippen LogP contribution in [0.4, 0.5) is 8.78 Å². The Morgan fingerprint density at radius 2 is 1.88 bits per heavy atom. The van der Waals surface area contributed by atoms with Crippen LogP contribution in [0, 0.1) is 11.6 Å². The maximum atomic E-state index is 13.3. The van der Waals surface area contributed by atoms with Gasteiger partial charge in [0.25, 0.3) is 0 Å². The Kier molecular flexibility index (Phi) is 4.35. The van der Waals surface area contributed by atoms with Gasteiger partial charge in [0, 0.05) is 0 Å². The number of carbonyl (C=O) groups is 1. The van der Waals surface area contributed by atoms with Crippen LogP contribution < -0.4 is 0 Å². The fourth-order valence-electron chi connectivity index (χ4n) is 1.40. The van der Waals surface area contributed by atoms with E-state index in [2.05, 4.69) is 0 Å². The zero-order valence-electron chi connectivity index (χ0n) is 9.39. The molecule has 0 aliphatic carbocycles. The molecule has 1 aromatic carbocycles. The fourth-order valence-corrected chi connectivity index (χ4v) is 1.40. The minimum absolute atomic E-state index is 0.209. The Hall–Kier alpha value is -1.51. The highest BCUT2D eigenvalue weighted by Gasteiger charge is 2.10. The van der Waals surface area contributed by atoms with Crippen LogP contribution >= 0.6 is 0 Å². The summed E-state index contributed by atoms with van der Waals surface area (Å²) in [5.41, 5.74) is 0.716. The van der Waals surface area contributed by atoms with Crippen molar-refractivity contribution in [2.24, 2.45) is 0 Å². The molecule has 0 spiro atoms. The highest BCUT2D eigenvalue weighted by Crippen LogP contribution is 2.13. The molecule has 86 valence electrons. The molecule has 3 heteroatoms. The lowest BCUT2D eigenvalue weighted by Crippen LogP contribution is -2.01. The maximum Gasteiger partial charge on any atom is 0.188 e. The van der Waals surface area contributed by atoms with Gasteiger partial charge in [0.1, 0.15) is 11.6 Å². The van der Waals surface area contributed by atoms with Crippen LogP contribution in [0.25, 0.3) is 0 Å². The first-order valence-corrected chi connectivity index (χ1v) is 5.27. The highest BCUT2D eigenvalue weighted by molar-refractivity contribution is 6.05. The van der Waals surface area contributed by atoms with E-state index < -0.39 is 17.4 Å². The highest BCUT2D eigenvalue weighted by atomic mass is 19.1. The molecule has 1 rings (SSSR count). The summed E-state index contributed by atoms with van der Waals surface area (Å²) >= 11 is 0. The summed E-state index contributed by atoms with van der Waals surface area (Å²) in [6.45, 7) is 3.84. The minimum atomic E-state index is -0.686. The van der Waals surface area contributed by atoms with Gasteiger partial charge < -0.3 is 0 Å². The third kappa shape index (κ3) is 2.99. The Morgan fingerprint density at radius 1 is 1.25 bits per heavy atom. The Bertz CT molecular complexity index is 416. The first-order valence-electron chi connectivity index (χ1n) is 5.27. The van der Waals surface area contributed by atoms with Crippen LogP contribution in [0.2, 0.25) is 0 Å². The molecule has 16 heavy (non-hydrogen) atoms. The molecular formula is C13H14F2O. The quantitative estimate of drug-likeness (QED) is 0.560. The lowest BCUT2D eigenvalue weighted by atomic mass is 10.0. The predicted octanol–water partition coefficient (Wildman–Crippen LogP) is 3.89. The number of halogens is 2. The van der Waals surface area contributed by atoms with Gasteiger partial charge in [0.2, 0.25) is 0 Å². The van der Waals surface area contributed by atoms with Crippen LogP contribution in [0.3, 0.4) is 0 Å². The lowest BCUT2D eigenvalue weighted by Gasteiger charge is -2.02. The zero-order chi connectivity index (χ0) is 12.1. The lowest BCUT2D eigenvalue weighted by molar-refractivity contribution is 0.104. The maximum absolute atomic E-state index is 13.3. The largest absolute Gasteiger partial charge is 0.289 e. The number of hydrogen-bond donors (Lipinski definition) is 0. The summed E-state index contributed by atoms with van der Waals surface area (Å²) in [5, 5.41) is 0. The molecule has 1 nitrogen and oxygen atoms in total. The molecular weight excluding hydrogens is 210 g/mol. The number of hydrogen-bond acceptors (Lipinski definition) is 1. The number of ketones is 1. The van der Waals surface area contributed by atoms with E-state index in [1.165, 1.54) is 6.08 Å². The second kappa shape index (κ2) is 5.54. The Balaban J connectivity index is 3.05. The first kappa shape index (κ1) is 12.6. The zero-order valence-corrected chi connectivity index (χ0v) is 9.39. The number of allylic oxidation sites excluding steroid dienone is 2. The normalized spacial score (nSPS) is 10.0. The predicted molar refractivity (Wildman–Crippen MR) is 59.4 cm³/mol. The van der Waals surface area contributed by atoms with Gasteiger partial charge in [-0.05, 0) is 37.1 Å². The average molecular weight is 224 g/mol. The molecule has 0 radical (unpaired) electrons. The monoisotopic (exact) mass is 224 g/mol. The van der Waals surface area contributed by atoms with Crippen molar-refractivity contribution in [1.82, 2.24) is 0 Å². The smallest absolute Gasteiger partial charge is 0.188 e. The van der Waals surface area contributed by atoms with Crippen molar-refractivity contribution in [3.8, 4) is 0 Å². The third-order valence-corrected chi connectivity index (χ3v) is 2.44. The van der Waals surface area contributed by atoms with Gasteiger partial charge in [-0.15, -0.1) is 0 Å². The first-order chi connectivity index (χ1) is 7.58. The fraction of sp³-hybridized carbons (Fsp3) is 0.308. The second-order valence-corrected chi connectivity index (χ2v) is 3.50. The molecule has 0 atom stereocenters. The summed E-state index contributed by atoms with van der Waals surface area (Å²) in [6, 6.07) is 2.89. The van der Waals surface area contributed by atoms with Gasteiger partial charge >= 0.3 is 0 Å². The van der Waals surface area contributed by atoms with Crippen molar-refractivity contribution in [3.05, 3.63) is 47.0 Å². The average Bonchev–Trinajstić information content (AvgIpc) is 2.28. The molecule has 0 amide bonds. The van der Waals surface area contributed by atoms with Gasteiger partial charge in [0.05, 0.1) is 5.56 Å². The van der Waals surface area contributed by atoms with Crippen LogP contribution in [-0.2, 0) is 0 Å². The summed E-state index contributed by atoms with van der Waals surface area (Å²) in [6.07, 6.45) is 2.86. The molecule has 0 bridgehead atoms. The van der Waals surface area contributed by atoms with Crippen LogP contribution in [0.1, 0.15) is 37.0 Å². The van der Waals surface area contributed by atoms with Crippen molar-refractivity contribution < 1.29 is 13.6 Å². The van der Waals surface area contributed by atoms with E-state index in [0.29, 0.717) is 0 Å². The van der Waals surface area contributed by atoms with Gasteiger partial charge in [-0.1, -0.05) is 19.4 Å². The molecule has 0 heterocycles. The van der Waals surface area contributed by atoms with Crippen molar-refractivity contribution in [2.45, 2.75) is 26.7 Å². The van der Waals surface area contributed by atoms with E-state index >= 15 is 0 Å². The molecule has 0 N–H and O–H groups in total. The standard InChI is InChI=1S/C13H14F2O/c1-3-9(4-2)7-13(16)11-8-10(14)5-6-12(11)15/h5-8H,3-4H2,1-2H3. The number of rotatable bonds is 4. The second-order valence-electron chi connectivity index (χ2n) is 3.50. The van der Waals surface area contributed by atoms with Crippen molar-refractivity contribution in [3.63, 3.8) is 0 Å². The van der Waals surface area contributed by atoms with Crippen LogP contribution in [-0.4, -0.2) is 5.78 Å². The van der Waals surface area contributed by atoms with E-state index in [1.54, 1.807) is 0 Å². The van der Waals surface area contributed by atoms with Gasteiger partial charge in [-0.25, -0.2) is 8.78 Å². The molecule has 0 fully saturated rings. The molecule has 0 aliphatic heterocycles. The summed E-state index contributed by atoms with van der Waals surface area (Å²) in [4.78, 5) is 11.7. The molecule has 0 saturated carbocycles. The number of carbonyl (C=O) groups excluding carboxylic acids is 1. The van der Waals surface area contributed by atoms with Gasteiger partial charge in [-0.2, -0.15) is 0 Å². The molecule has 0 unspecified atom stereocenters. The van der Waals surface area contributed by atoms with Crippen LogP contribution in [0.5, 0.6) is 0 Å². The van der Waals surface area contributed by atoms with E-state index in [0.717, 1.165) is 36.6 Å². The molecule has 0 aliphatic rings. The third-order valence-electron chi connectivity index (χ3n) is 2.44. The van der Waals surface area contributed by atoms with Gasteiger partial charge in [0.15, 0.2) is 5.78 Å². The van der Waals surface area contributed by atoms with Crippen molar-refractivity contribution in [2.75, 3.05) is 0 Å². The summed E-state index contributed by atoms with van der Waals surface area (Å²) < 4.78 is 26.1. The topological polar surface area (TPSA) is 17.1 Å². The van der Waals surface area contributed by atoms with E-state index in [9.17, 15) is 13.6 Å². The Morgan fingerprint density at radius 3 is 2.44 bits per heavy atom. The minimum Gasteiger partial charge on any atom is -0.289 e. The van der Waals surface area contributed by atoms with Crippen molar-refractivity contribution in [1.29, 1.82) is 0 Å². The summed E-state index contributed by atoms with van der Waals surface area (Å²) in [5.74, 6) is -1.77. The number of benzene rings is 1. The van der Waals surface area contributed by atoms with E-state index in [-0.39, 0.29) is 5.56 Å².